The Labute approximate surface area is 63.7 Å². The van der Waals surface area contributed by atoms with Crippen molar-refractivity contribution in [3.8, 4) is 0 Å². The number of hydrogen-bond donors (Lipinski definition) is 2. The number of pyridine rings is 1. The Kier molecular flexibility index (Phi) is 1.36. The van der Waals surface area contributed by atoms with Crippen molar-refractivity contribution in [2.75, 3.05) is 0 Å². The third-order valence-electron chi connectivity index (χ3n) is 1.63. The molecule has 0 saturated heterocycles. The Morgan fingerprint density at radius 1 is 1.36 bits per heavy atom. The number of nitrogens with one attached hydrogen (secondary N) is 1. The maximum Gasteiger partial charge on any atom is 0.137 e. The molecule has 2 heterocycles. The highest BCUT2D eigenvalue weighted by atomic mass is 16.3. The van der Waals surface area contributed by atoms with Crippen LogP contribution in [0.25, 0.3) is 11.0 Å². The van der Waals surface area contributed by atoms with Crippen LogP contribution in [0.4, 0.5) is 0 Å². The first kappa shape index (κ1) is 6.37. The van der Waals surface area contributed by atoms with Crippen LogP contribution in [0, 0.1) is 0 Å². The number of aliphatic hydroxyl groups is 1. The van der Waals surface area contributed by atoms with E-state index in [1.54, 1.807) is 0 Å². The molecular formula is C8H8N2O. The number of aromatic amines is 1. The summed E-state index contributed by atoms with van der Waals surface area (Å²) >= 11 is 0. The van der Waals surface area contributed by atoms with Gasteiger partial charge in [-0.15, -0.1) is 0 Å². The van der Waals surface area contributed by atoms with Gasteiger partial charge >= 0.3 is 0 Å². The minimum atomic E-state index is -0.00500. The van der Waals surface area contributed by atoms with Gasteiger partial charge in [0.25, 0.3) is 0 Å². The highest BCUT2D eigenvalue weighted by Crippen LogP contribution is 2.09. The highest BCUT2D eigenvalue weighted by Gasteiger charge is 1.95. The lowest BCUT2D eigenvalue weighted by Gasteiger charge is -1.93. The van der Waals surface area contributed by atoms with Crippen LogP contribution in [0.1, 0.15) is 5.69 Å². The van der Waals surface area contributed by atoms with Crippen molar-refractivity contribution in [1.82, 2.24) is 9.97 Å². The summed E-state index contributed by atoms with van der Waals surface area (Å²) in [5, 5.41) is 9.83. The summed E-state index contributed by atoms with van der Waals surface area (Å²) < 4.78 is 0. The summed E-state index contributed by atoms with van der Waals surface area (Å²) in [5.74, 6) is 0. The number of aliphatic hydroxyl groups excluding tert-OH is 1. The molecule has 56 valence electrons. The van der Waals surface area contributed by atoms with E-state index in [2.05, 4.69) is 9.97 Å². The number of hydrogen-bond acceptors (Lipinski definition) is 2. The first-order valence-electron chi connectivity index (χ1n) is 3.44. The Hall–Kier alpha value is -1.35. The SMILES string of the molecule is OCc1ccc2cc[nH]c2n1. The molecule has 0 fully saturated rings. The molecule has 2 N–H and O–H groups in total. The van der Waals surface area contributed by atoms with Crippen LogP contribution in [0.3, 0.4) is 0 Å². The fourth-order valence-electron chi connectivity index (χ4n) is 1.06. The van der Waals surface area contributed by atoms with Gasteiger partial charge in [-0.3, -0.25) is 0 Å². The second-order valence-corrected chi connectivity index (χ2v) is 2.38. The number of rotatable bonds is 1. The van der Waals surface area contributed by atoms with E-state index in [1.165, 1.54) is 0 Å². The highest BCUT2D eigenvalue weighted by molar-refractivity contribution is 5.75. The number of fused-ring (bicyclic) bond motifs is 1. The average molecular weight is 148 g/mol. The summed E-state index contributed by atoms with van der Waals surface area (Å²) in [4.78, 5) is 7.12. The monoisotopic (exact) mass is 148 g/mol. The van der Waals surface area contributed by atoms with Crippen LogP contribution in [0.15, 0.2) is 24.4 Å². The van der Waals surface area contributed by atoms with Gasteiger partial charge < -0.3 is 10.1 Å². The zero-order valence-electron chi connectivity index (χ0n) is 5.91. The second kappa shape index (κ2) is 2.36. The first-order valence-corrected chi connectivity index (χ1v) is 3.44. The Bertz CT molecular complexity index is 367. The topological polar surface area (TPSA) is 48.9 Å². The Morgan fingerprint density at radius 2 is 2.27 bits per heavy atom. The summed E-state index contributed by atoms with van der Waals surface area (Å²) in [7, 11) is 0. The molecule has 0 bridgehead atoms. The van der Waals surface area contributed by atoms with E-state index in [0.29, 0.717) is 5.69 Å². The molecular weight excluding hydrogens is 140 g/mol. The molecule has 2 aromatic rings. The molecule has 3 heteroatoms. The molecule has 0 aliphatic rings. The molecule has 11 heavy (non-hydrogen) atoms. The lowest BCUT2D eigenvalue weighted by molar-refractivity contribution is 0.277. The number of nitrogens with zero attached hydrogens (tertiary/aromatic N) is 1. The summed E-state index contributed by atoms with van der Waals surface area (Å²) in [6, 6.07) is 5.70. The molecule has 2 rings (SSSR count). The lowest BCUT2D eigenvalue weighted by Crippen LogP contribution is -1.87. The van der Waals surface area contributed by atoms with E-state index in [1.807, 2.05) is 24.4 Å². The van der Waals surface area contributed by atoms with Crippen LogP contribution < -0.4 is 0 Å². The van der Waals surface area contributed by atoms with E-state index in [0.717, 1.165) is 11.0 Å². The Morgan fingerprint density at radius 3 is 3.09 bits per heavy atom. The number of H-pyrrole nitrogens is 1. The quantitative estimate of drug-likeness (QED) is 0.635. The van der Waals surface area contributed by atoms with Gasteiger partial charge in [0.05, 0.1) is 12.3 Å². The van der Waals surface area contributed by atoms with E-state index in [-0.39, 0.29) is 6.61 Å². The molecule has 3 nitrogen and oxygen atoms in total. The van der Waals surface area contributed by atoms with Crippen molar-refractivity contribution >= 4 is 11.0 Å². The molecule has 0 aliphatic heterocycles. The van der Waals surface area contributed by atoms with Gasteiger partial charge in [0.2, 0.25) is 0 Å². The molecule has 0 unspecified atom stereocenters. The van der Waals surface area contributed by atoms with Crippen LogP contribution >= 0.6 is 0 Å². The molecule has 0 atom stereocenters. The molecule has 2 aromatic heterocycles. The zero-order valence-corrected chi connectivity index (χ0v) is 5.91. The predicted octanol–water partition coefficient (Wildman–Crippen LogP) is 1.06. The molecule has 0 aliphatic carbocycles. The van der Waals surface area contributed by atoms with Gasteiger partial charge in [0.15, 0.2) is 0 Å². The van der Waals surface area contributed by atoms with E-state index in [9.17, 15) is 0 Å². The third-order valence-corrected chi connectivity index (χ3v) is 1.63. The van der Waals surface area contributed by atoms with Gasteiger partial charge in [-0.2, -0.15) is 0 Å². The van der Waals surface area contributed by atoms with Crippen molar-refractivity contribution in [3.63, 3.8) is 0 Å². The van der Waals surface area contributed by atoms with Crippen molar-refractivity contribution in [1.29, 1.82) is 0 Å². The smallest absolute Gasteiger partial charge is 0.137 e. The van der Waals surface area contributed by atoms with Crippen LogP contribution in [-0.2, 0) is 6.61 Å². The van der Waals surface area contributed by atoms with Crippen molar-refractivity contribution in [3.05, 3.63) is 30.1 Å². The minimum absolute atomic E-state index is 0.00500. The van der Waals surface area contributed by atoms with E-state index < -0.39 is 0 Å². The summed E-state index contributed by atoms with van der Waals surface area (Å²) in [6.07, 6.45) is 1.83. The minimum Gasteiger partial charge on any atom is -0.390 e. The summed E-state index contributed by atoms with van der Waals surface area (Å²) in [6.45, 7) is -0.00500. The first-order chi connectivity index (χ1) is 5.40. The van der Waals surface area contributed by atoms with Gasteiger partial charge in [0.1, 0.15) is 5.65 Å². The maximum absolute atomic E-state index is 8.76. The van der Waals surface area contributed by atoms with Gasteiger partial charge in [-0.25, -0.2) is 4.98 Å². The standard InChI is InChI=1S/C8H8N2O/c11-5-7-2-1-6-3-4-9-8(6)10-7/h1-4,11H,5H2,(H,9,10). The van der Waals surface area contributed by atoms with Crippen molar-refractivity contribution in [2.24, 2.45) is 0 Å². The van der Waals surface area contributed by atoms with Crippen LogP contribution in [-0.4, -0.2) is 15.1 Å². The zero-order chi connectivity index (χ0) is 7.68. The number of aromatic nitrogens is 2. The van der Waals surface area contributed by atoms with Gasteiger partial charge in [-0.05, 0) is 18.2 Å². The average Bonchev–Trinajstić information content (AvgIpc) is 2.50. The fourth-order valence-corrected chi connectivity index (χ4v) is 1.06. The fraction of sp³-hybridized carbons (Fsp3) is 0.125. The largest absolute Gasteiger partial charge is 0.390 e. The predicted molar refractivity (Wildman–Crippen MR) is 42.0 cm³/mol. The second-order valence-electron chi connectivity index (χ2n) is 2.38. The molecule has 0 saturated carbocycles. The Balaban J connectivity index is 2.67. The normalized spacial score (nSPS) is 10.6. The van der Waals surface area contributed by atoms with Gasteiger partial charge in [-0.1, -0.05) is 0 Å². The molecule has 0 amide bonds. The molecule has 0 spiro atoms. The molecule has 0 aromatic carbocycles. The maximum atomic E-state index is 8.76. The summed E-state index contributed by atoms with van der Waals surface area (Å²) in [5.41, 5.74) is 1.52. The lowest BCUT2D eigenvalue weighted by atomic mass is 10.3. The van der Waals surface area contributed by atoms with E-state index in [4.69, 9.17) is 5.11 Å². The van der Waals surface area contributed by atoms with Gasteiger partial charge in [0, 0.05) is 11.6 Å². The van der Waals surface area contributed by atoms with Crippen LogP contribution in [0.5, 0.6) is 0 Å². The van der Waals surface area contributed by atoms with Crippen LogP contribution in [0.2, 0.25) is 0 Å². The van der Waals surface area contributed by atoms with Crippen molar-refractivity contribution < 1.29 is 5.11 Å². The van der Waals surface area contributed by atoms with E-state index >= 15 is 0 Å². The van der Waals surface area contributed by atoms with Crippen molar-refractivity contribution in [2.45, 2.75) is 6.61 Å². The molecule has 0 radical (unpaired) electrons. The third kappa shape index (κ3) is 0.991.